The third kappa shape index (κ3) is 1.86. The van der Waals surface area contributed by atoms with Crippen molar-refractivity contribution in [2.45, 2.75) is 13.0 Å². The summed E-state index contributed by atoms with van der Waals surface area (Å²) in [5, 5.41) is 0. The van der Waals surface area contributed by atoms with Crippen LogP contribution in [0.25, 0.3) is 11.0 Å². The summed E-state index contributed by atoms with van der Waals surface area (Å²) < 4.78 is 0. The van der Waals surface area contributed by atoms with Crippen LogP contribution in [0.3, 0.4) is 0 Å². The Kier molecular flexibility index (Phi) is 2.74. The zero-order chi connectivity index (χ0) is 12.7. The van der Waals surface area contributed by atoms with Crippen LogP contribution >= 0.6 is 0 Å². The summed E-state index contributed by atoms with van der Waals surface area (Å²) in [6, 6.07) is 8.81. The highest BCUT2D eigenvalue weighted by molar-refractivity contribution is 5.77. The maximum atomic E-state index is 4.67. The minimum Gasteiger partial charge on any atom is -0.340 e. The molecule has 96 valence electrons. The number of imidazole rings is 1. The van der Waals surface area contributed by atoms with Crippen LogP contribution in [-0.2, 0) is 0 Å². The highest BCUT2D eigenvalue weighted by Gasteiger charge is 2.32. The maximum Gasteiger partial charge on any atom is 0.203 e. The minimum absolute atomic E-state index is 0.609. The standard InChI is InChI=1S/C14H20N4/c1-10-8-18(9-13(10)17(2)3)14-15-11-6-4-5-7-12(11)16-14/h4-7,10,13H,8-9H2,1-3H3,(H,15,16). The molecule has 0 bridgehead atoms. The Morgan fingerprint density at radius 3 is 2.72 bits per heavy atom. The molecule has 1 aromatic heterocycles. The van der Waals surface area contributed by atoms with Crippen molar-refractivity contribution in [2.24, 2.45) is 5.92 Å². The van der Waals surface area contributed by atoms with E-state index in [1.165, 1.54) is 0 Å². The zero-order valence-corrected chi connectivity index (χ0v) is 11.2. The van der Waals surface area contributed by atoms with Crippen LogP contribution in [0.15, 0.2) is 24.3 Å². The molecular formula is C14H20N4. The molecule has 4 heteroatoms. The smallest absolute Gasteiger partial charge is 0.203 e. The molecular weight excluding hydrogens is 224 g/mol. The third-order valence-corrected chi connectivity index (χ3v) is 3.91. The van der Waals surface area contributed by atoms with Gasteiger partial charge < -0.3 is 14.8 Å². The highest BCUT2D eigenvalue weighted by Crippen LogP contribution is 2.25. The molecule has 1 saturated heterocycles. The SMILES string of the molecule is CC1CN(c2nc3ccccc3[nH]2)CC1N(C)C. The van der Waals surface area contributed by atoms with Crippen molar-refractivity contribution in [1.29, 1.82) is 0 Å². The van der Waals surface area contributed by atoms with Crippen LogP contribution in [0.2, 0.25) is 0 Å². The molecule has 3 rings (SSSR count). The lowest BCUT2D eigenvalue weighted by atomic mass is 10.1. The first-order valence-electron chi connectivity index (χ1n) is 6.51. The van der Waals surface area contributed by atoms with E-state index in [1.54, 1.807) is 0 Å². The van der Waals surface area contributed by atoms with Crippen LogP contribution in [0.5, 0.6) is 0 Å². The number of H-pyrrole nitrogens is 1. The van der Waals surface area contributed by atoms with E-state index in [1.807, 2.05) is 12.1 Å². The van der Waals surface area contributed by atoms with Crippen molar-refractivity contribution >= 4 is 17.0 Å². The first-order chi connectivity index (χ1) is 8.65. The molecule has 1 aliphatic heterocycles. The average molecular weight is 244 g/mol. The first-order valence-corrected chi connectivity index (χ1v) is 6.51. The molecule has 0 aliphatic carbocycles. The van der Waals surface area contributed by atoms with Gasteiger partial charge in [0.15, 0.2) is 0 Å². The molecule has 2 aromatic rings. The number of para-hydroxylation sites is 2. The van der Waals surface area contributed by atoms with Crippen molar-refractivity contribution < 1.29 is 0 Å². The number of anilines is 1. The summed E-state index contributed by atoms with van der Waals surface area (Å²) >= 11 is 0. The van der Waals surface area contributed by atoms with Gasteiger partial charge in [-0.3, -0.25) is 0 Å². The van der Waals surface area contributed by atoms with Gasteiger partial charge in [0, 0.05) is 19.1 Å². The lowest BCUT2D eigenvalue weighted by molar-refractivity contribution is 0.266. The second-order valence-corrected chi connectivity index (χ2v) is 5.49. The van der Waals surface area contributed by atoms with Gasteiger partial charge in [0.25, 0.3) is 0 Å². The number of benzene rings is 1. The summed E-state index contributed by atoms with van der Waals surface area (Å²) in [5.74, 6) is 1.68. The zero-order valence-electron chi connectivity index (χ0n) is 11.2. The minimum atomic E-state index is 0.609. The van der Waals surface area contributed by atoms with Gasteiger partial charge in [-0.25, -0.2) is 4.98 Å². The van der Waals surface area contributed by atoms with Gasteiger partial charge in [-0.2, -0.15) is 0 Å². The summed E-state index contributed by atoms with van der Waals surface area (Å²) in [6.45, 7) is 4.43. The van der Waals surface area contributed by atoms with Crippen molar-refractivity contribution in [2.75, 3.05) is 32.1 Å². The van der Waals surface area contributed by atoms with Gasteiger partial charge in [0.05, 0.1) is 11.0 Å². The number of likely N-dealkylation sites (N-methyl/N-ethyl adjacent to an activating group) is 1. The normalized spacial score (nSPS) is 24.3. The quantitative estimate of drug-likeness (QED) is 0.877. The van der Waals surface area contributed by atoms with E-state index in [-0.39, 0.29) is 0 Å². The molecule has 2 atom stereocenters. The van der Waals surface area contributed by atoms with Crippen LogP contribution in [-0.4, -0.2) is 48.1 Å². The lowest BCUT2D eigenvalue weighted by Crippen LogP contribution is -2.34. The predicted octanol–water partition coefficient (Wildman–Crippen LogP) is 1.95. The molecule has 2 heterocycles. The number of hydrogen-bond acceptors (Lipinski definition) is 3. The molecule has 0 saturated carbocycles. The monoisotopic (exact) mass is 244 g/mol. The van der Waals surface area contributed by atoms with E-state index < -0.39 is 0 Å². The second-order valence-electron chi connectivity index (χ2n) is 5.49. The van der Waals surface area contributed by atoms with E-state index in [4.69, 9.17) is 0 Å². The van der Waals surface area contributed by atoms with Gasteiger partial charge in [-0.15, -0.1) is 0 Å². The lowest BCUT2D eigenvalue weighted by Gasteiger charge is -2.22. The number of aromatic nitrogens is 2. The average Bonchev–Trinajstić information content (AvgIpc) is 2.91. The largest absolute Gasteiger partial charge is 0.340 e. The number of aromatic amines is 1. The van der Waals surface area contributed by atoms with Gasteiger partial charge in [-0.05, 0) is 32.1 Å². The summed E-state index contributed by atoms with van der Waals surface area (Å²) in [4.78, 5) is 12.8. The summed E-state index contributed by atoms with van der Waals surface area (Å²) in [7, 11) is 4.31. The second kappa shape index (κ2) is 4.28. The fourth-order valence-corrected chi connectivity index (χ4v) is 2.88. The molecule has 1 aliphatic rings. The van der Waals surface area contributed by atoms with Crippen molar-refractivity contribution in [3.05, 3.63) is 24.3 Å². The number of hydrogen-bond donors (Lipinski definition) is 1. The van der Waals surface area contributed by atoms with Gasteiger partial charge in [0.2, 0.25) is 5.95 Å². The van der Waals surface area contributed by atoms with Gasteiger partial charge in [0.1, 0.15) is 0 Å². The molecule has 2 unspecified atom stereocenters. The number of fused-ring (bicyclic) bond motifs is 1. The van der Waals surface area contributed by atoms with Crippen molar-refractivity contribution in [1.82, 2.24) is 14.9 Å². The van der Waals surface area contributed by atoms with E-state index in [0.29, 0.717) is 12.0 Å². The molecule has 1 N–H and O–H groups in total. The predicted molar refractivity (Wildman–Crippen MR) is 74.9 cm³/mol. The maximum absolute atomic E-state index is 4.67. The Morgan fingerprint density at radius 2 is 2.06 bits per heavy atom. The number of nitrogens with zero attached hydrogens (tertiary/aromatic N) is 3. The summed E-state index contributed by atoms with van der Waals surface area (Å²) in [5.41, 5.74) is 2.17. The fourth-order valence-electron chi connectivity index (χ4n) is 2.88. The highest BCUT2D eigenvalue weighted by atomic mass is 15.3. The topological polar surface area (TPSA) is 35.2 Å². The van der Waals surface area contributed by atoms with Crippen molar-refractivity contribution in [3.8, 4) is 0 Å². The number of nitrogens with one attached hydrogen (secondary N) is 1. The Hall–Kier alpha value is -1.55. The Labute approximate surface area is 108 Å². The van der Waals surface area contributed by atoms with E-state index in [2.05, 4.69) is 52.9 Å². The van der Waals surface area contributed by atoms with Crippen molar-refractivity contribution in [3.63, 3.8) is 0 Å². The molecule has 1 aromatic carbocycles. The Balaban J connectivity index is 1.87. The third-order valence-electron chi connectivity index (χ3n) is 3.91. The molecule has 0 radical (unpaired) electrons. The Morgan fingerprint density at radius 1 is 1.28 bits per heavy atom. The Bertz CT molecular complexity index is 512. The molecule has 18 heavy (non-hydrogen) atoms. The van der Waals surface area contributed by atoms with Crippen LogP contribution in [0, 0.1) is 5.92 Å². The fraction of sp³-hybridized carbons (Fsp3) is 0.500. The molecule has 0 spiro atoms. The van der Waals surface area contributed by atoms with Crippen LogP contribution in [0.4, 0.5) is 5.95 Å². The summed E-state index contributed by atoms with van der Waals surface area (Å²) in [6.07, 6.45) is 0. The van der Waals surface area contributed by atoms with Crippen LogP contribution in [0.1, 0.15) is 6.92 Å². The molecule has 1 fully saturated rings. The first kappa shape index (κ1) is 11.5. The van der Waals surface area contributed by atoms with E-state index >= 15 is 0 Å². The number of rotatable bonds is 2. The van der Waals surface area contributed by atoms with E-state index in [9.17, 15) is 0 Å². The van der Waals surface area contributed by atoms with Gasteiger partial charge in [-0.1, -0.05) is 19.1 Å². The molecule has 4 nitrogen and oxygen atoms in total. The van der Waals surface area contributed by atoms with Crippen LogP contribution < -0.4 is 4.90 Å². The molecule has 0 amide bonds. The van der Waals surface area contributed by atoms with E-state index in [0.717, 1.165) is 30.1 Å². The van der Waals surface area contributed by atoms with Gasteiger partial charge >= 0.3 is 0 Å².